The predicted octanol–water partition coefficient (Wildman–Crippen LogP) is -0.770. The average Bonchev–Trinajstić information content (AvgIpc) is 2.94. The van der Waals surface area contributed by atoms with Crippen molar-refractivity contribution in [3.63, 3.8) is 0 Å². The summed E-state index contributed by atoms with van der Waals surface area (Å²) >= 11 is 0. The molecule has 1 aromatic heterocycles. The average molecular weight is 309 g/mol. The number of carbonyl (C=O) groups is 2. The number of nitrogens with one attached hydrogen (secondary N) is 1. The first kappa shape index (κ1) is 16.4. The zero-order valence-electron chi connectivity index (χ0n) is 13.0. The number of aromatic nitrogens is 2. The Morgan fingerprint density at radius 3 is 3.00 bits per heavy atom. The topological polar surface area (TPSA) is 105 Å². The molecule has 1 atom stereocenters. The molecular weight excluding hydrogens is 286 g/mol. The van der Waals surface area contributed by atoms with E-state index in [1.165, 1.54) is 0 Å². The standard InChI is InChI=1S/C14H23N5O3/c1-3-10-6-12(17-16-10)14(21)19-4-5-22-11(8-19)7-18(2)9-13(15)20/h6,11H,3-5,7-9H2,1-2H3,(H2,15,20)(H,16,17)/t11-/m0/s1. The highest BCUT2D eigenvalue weighted by atomic mass is 16.5. The van der Waals surface area contributed by atoms with Gasteiger partial charge in [-0.1, -0.05) is 6.92 Å². The Hall–Kier alpha value is -1.93. The van der Waals surface area contributed by atoms with Crippen LogP contribution in [0, 0.1) is 0 Å². The number of H-pyrrole nitrogens is 1. The van der Waals surface area contributed by atoms with Crippen LogP contribution in [0.3, 0.4) is 0 Å². The summed E-state index contributed by atoms with van der Waals surface area (Å²) in [4.78, 5) is 26.9. The van der Waals surface area contributed by atoms with E-state index in [9.17, 15) is 9.59 Å². The summed E-state index contributed by atoms with van der Waals surface area (Å²) in [6, 6.07) is 1.78. The SMILES string of the molecule is CCc1cc(C(=O)N2CCO[C@@H](CN(C)CC(N)=O)C2)n[nH]1. The van der Waals surface area contributed by atoms with E-state index in [2.05, 4.69) is 10.2 Å². The van der Waals surface area contributed by atoms with Crippen molar-refractivity contribution in [3.8, 4) is 0 Å². The van der Waals surface area contributed by atoms with Crippen molar-refractivity contribution in [1.29, 1.82) is 0 Å². The van der Waals surface area contributed by atoms with Gasteiger partial charge in [0, 0.05) is 25.3 Å². The minimum Gasteiger partial charge on any atom is -0.373 e. The molecule has 1 aliphatic heterocycles. The molecule has 0 bridgehead atoms. The zero-order valence-corrected chi connectivity index (χ0v) is 13.0. The highest BCUT2D eigenvalue weighted by Gasteiger charge is 2.27. The Kier molecular flexibility index (Phi) is 5.51. The van der Waals surface area contributed by atoms with Gasteiger partial charge in [0.25, 0.3) is 5.91 Å². The molecule has 8 nitrogen and oxygen atoms in total. The van der Waals surface area contributed by atoms with Gasteiger partial charge in [-0.3, -0.25) is 19.6 Å². The number of amides is 2. The van der Waals surface area contributed by atoms with Crippen LogP contribution in [0.4, 0.5) is 0 Å². The molecule has 0 spiro atoms. The van der Waals surface area contributed by atoms with Gasteiger partial charge in [-0.2, -0.15) is 5.10 Å². The molecule has 8 heteroatoms. The first-order chi connectivity index (χ1) is 10.5. The van der Waals surface area contributed by atoms with Crippen molar-refractivity contribution in [2.24, 2.45) is 5.73 Å². The number of primary amides is 1. The van der Waals surface area contributed by atoms with Gasteiger partial charge < -0.3 is 15.4 Å². The molecule has 0 aromatic carbocycles. The van der Waals surface area contributed by atoms with Crippen molar-refractivity contribution in [2.75, 3.05) is 39.8 Å². The summed E-state index contributed by atoms with van der Waals surface area (Å²) in [7, 11) is 1.80. The molecule has 1 fully saturated rings. The summed E-state index contributed by atoms with van der Waals surface area (Å²) in [5.41, 5.74) is 6.54. The number of carbonyl (C=O) groups excluding carboxylic acids is 2. The molecule has 0 unspecified atom stereocenters. The number of likely N-dealkylation sites (N-methyl/N-ethyl adjacent to an activating group) is 1. The third-order valence-electron chi connectivity index (χ3n) is 3.60. The molecule has 2 heterocycles. The van der Waals surface area contributed by atoms with Crippen LogP contribution in [-0.2, 0) is 16.0 Å². The molecule has 3 N–H and O–H groups in total. The number of nitrogens with two attached hydrogens (primary N) is 1. The monoisotopic (exact) mass is 309 g/mol. The number of aryl methyl sites for hydroxylation is 1. The normalized spacial score (nSPS) is 18.7. The minimum atomic E-state index is -0.380. The Bertz CT molecular complexity index is 530. The molecule has 0 saturated carbocycles. The van der Waals surface area contributed by atoms with Crippen LogP contribution < -0.4 is 5.73 Å². The smallest absolute Gasteiger partial charge is 0.274 e. The first-order valence-corrected chi connectivity index (χ1v) is 7.41. The zero-order chi connectivity index (χ0) is 16.1. The molecule has 1 saturated heterocycles. The van der Waals surface area contributed by atoms with Gasteiger partial charge in [0.15, 0.2) is 0 Å². The molecule has 0 aliphatic carbocycles. The maximum atomic E-state index is 12.4. The third-order valence-corrected chi connectivity index (χ3v) is 3.60. The second kappa shape index (κ2) is 7.37. The van der Waals surface area contributed by atoms with Crippen molar-refractivity contribution in [3.05, 3.63) is 17.5 Å². The molecule has 122 valence electrons. The van der Waals surface area contributed by atoms with Crippen molar-refractivity contribution >= 4 is 11.8 Å². The van der Waals surface area contributed by atoms with E-state index >= 15 is 0 Å². The number of ether oxygens (including phenoxy) is 1. The Morgan fingerprint density at radius 2 is 2.36 bits per heavy atom. The van der Waals surface area contributed by atoms with Gasteiger partial charge in [0.05, 0.1) is 19.3 Å². The quantitative estimate of drug-likeness (QED) is 0.718. The van der Waals surface area contributed by atoms with E-state index < -0.39 is 0 Å². The lowest BCUT2D eigenvalue weighted by Gasteiger charge is -2.34. The van der Waals surface area contributed by atoms with Crippen molar-refractivity contribution in [1.82, 2.24) is 20.0 Å². The van der Waals surface area contributed by atoms with E-state index in [0.29, 0.717) is 31.9 Å². The van der Waals surface area contributed by atoms with Gasteiger partial charge in [-0.25, -0.2) is 0 Å². The lowest BCUT2D eigenvalue weighted by Crippen LogP contribution is -2.50. The lowest BCUT2D eigenvalue weighted by atomic mass is 10.2. The summed E-state index contributed by atoms with van der Waals surface area (Å²) < 4.78 is 5.66. The molecule has 2 rings (SSSR count). The van der Waals surface area contributed by atoms with Gasteiger partial charge in [0.1, 0.15) is 5.69 Å². The van der Waals surface area contributed by atoms with Crippen LogP contribution in [0.1, 0.15) is 23.1 Å². The maximum absolute atomic E-state index is 12.4. The number of morpholine rings is 1. The molecular formula is C14H23N5O3. The van der Waals surface area contributed by atoms with E-state index in [-0.39, 0.29) is 24.5 Å². The molecule has 0 radical (unpaired) electrons. The summed E-state index contributed by atoms with van der Waals surface area (Å²) in [5, 5.41) is 6.91. The molecule has 22 heavy (non-hydrogen) atoms. The number of hydrogen-bond acceptors (Lipinski definition) is 5. The van der Waals surface area contributed by atoms with E-state index in [1.807, 2.05) is 6.92 Å². The highest BCUT2D eigenvalue weighted by Crippen LogP contribution is 2.11. The summed E-state index contributed by atoms with van der Waals surface area (Å²) in [5.74, 6) is -0.475. The fourth-order valence-corrected chi connectivity index (χ4v) is 2.51. The van der Waals surface area contributed by atoms with Gasteiger partial charge >= 0.3 is 0 Å². The van der Waals surface area contributed by atoms with E-state index in [4.69, 9.17) is 10.5 Å². The second-order valence-corrected chi connectivity index (χ2v) is 5.54. The van der Waals surface area contributed by atoms with Crippen LogP contribution in [0.25, 0.3) is 0 Å². The third kappa shape index (κ3) is 4.28. The predicted molar refractivity (Wildman–Crippen MR) is 80.3 cm³/mol. The van der Waals surface area contributed by atoms with Crippen LogP contribution >= 0.6 is 0 Å². The van der Waals surface area contributed by atoms with E-state index in [0.717, 1.165) is 12.1 Å². The summed E-state index contributed by atoms with van der Waals surface area (Å²) in [6.07, 6.45) is 0.677. The van der Waals surface area contributed by atoms with Gasteiger partial charge in [-0.15, -0.1) is 0 Å². The maximum Gasteiger partial charge on any atom is 0.274 e. The Labute approximate surface area is 129 Å². The van der Waals surface area contributed by atoms with Crippen LogP contribution in [0.5, 0.6) is 0 Å². The number of aromatic amines is 1. The van der Waals surface area contributed by atoms with Crippen LogP contribution in [-0.4, -0.2) is 77.7 Å². The molecule has 2 amide bonds. The van der Waals surface area contributed by atoms with Gasteiger partial charge in [0.2, 0.25) is 5.91 Å². The van der Waals surface area contributed by atoms with Crippen molar-refractivity contribution < 1.29 is 14.3 Å². The Morgan fingerprint density at radius 1 is 1.59 bits per heavy atom. The summed E-state index contributed by atoms with van der Waals surface area (Å²) in [6.45, 7) is 4.23. The van der Waals surface area contributed by atoms with Crippen molar-refractivity contribution in [2.45, 2.75) is 19.4 Å². The van der Waals surface area contributed by atoms with Crippen LogP contribution in [0.2, 0.25) is 0 Å². The number of hydrogen-bond donors (Lipinski definition) is 2. The fraction of sp³-hybridized carbons (Fsp3) is 0.643. The number of nitrogens with zero attached hydrogens (tertiary/aromatic N) is 3. The molecule has 1 aliphatic rings. The largest absolute Gasteiger partial charge is 0.373 e. The van der Waals surface area contributed by atoms with Crippen LogP contribution in [0.15, 0.2) is 6.07 Å². The minimum absolute atomic E-state index is 0.0956. The second-order valence-electron chi connectivity index (χ2n) is 5.54. The van der Waals surface area contributed by atoms with Gasteiger partial charge in [-0.05, 0) is 19.5 Å². The number of rotatable bonds is 6. The first-order valence-electron chi connectivity index (χ1n) is 7.41. The Balaban J connectivity index is 1.92. The fourth-order valence-electron chi connectivity index (χ4n) is 2.51. The highest BCUT2D eigenvalue weighted by molar-refractivity contribution is 5.92. The van der Waals surface area contributed by atoms with E-state index in [1.54, 1.807) is 22.9 Å². The molecule has 1 aromatic rings. The lowest BCUT2D eigenvalue weighted by molar-refractivity contribution is -0.119.